The molecule has 0 unspecified atom stereocenters. The van der Waals surface area contributed by atoms with E-state index in [0.29, 0.717) is 35.0 Å². The molecule has 1 aliphatic carbocycles. The maximum atomic E-state index is 14.4. The van der Waals surface area contributed by atoms with Gasteiger partial charge in [-0.3, -0.25) is 4.79 Å². The van der Waals surface area contributed by atoms with Gasteiger partial charge in [0.15, 0.2) is 0 Å². The number of sulfonamides is 1. The first-order chi connectivity index (χ1) is 22.6. The molecular weight excluding hydrogens is 649 g/mol. The number of nitrogens with zero attached hydrogens (tertiary/aromatic N) is 1. The van der Waals surface area contributed by atoms with Gasteiger partial charge in [0.2, 0.25) is 10.0 Å². The van der Waals surface area contributed by atoms with E-state index >= 15 is 0 Å². The molecule has 0 saturated heterocycles. The van der Waals surface area contributed by atoms with Crippen molar-refractivity contribution in [1.82, 2.24) is 9.62 Å². The second-order valence-corrected chi connectivity index (χ2v) is 16.5. The summed E-state index contributed by atoms with van der Waals surface area (Å²) in [4.78, 5) is 25.9. The number of aliphatic carboxylic acids is 1. The maximum Gasteiger partial charge on any atom is 0.326 e. The average molecular weight is 697 g/mol. The minimum absolute atomic E-state index is 0.158. The molecular formula is C37H48N2O5S3. The molecule has 2 N–H and O–H groups in total. The van der Waals surface area contributed by atoms with Crippen LogP contribution in [0.15, 0.2) is 77.7 Å². The van der Waals surface area contributed by atoms with Gasteiger partial charge < -0.3 is 10.4 Å². The van der Waals surface area contributed by atoms with E-state index in [-0.39, 0.29) is 17.5 Å². The van der Waals surface area contributed by atoms with Crippen LogP contribution in [0.1, 0.15) is 73.4 Å². The van der Waals surface area contributed by atoms with Crippen molar-refractivity contribution in [2.45, 2.75) is 82.3 Å². The molecule has 0 aliphatic heterocycles. The van der Waals surface area contributed by atoms with Crippen molar-refractivity contribution in [3.63, 3.8) is 0 Å². The van der Waals surface area contributed by atoms with Gasteiger partial charge in [-0.1, -0.05) is 87.6 Å². The molecule has 47 heavy (non-hydrogen) atoms. The number of amides is 1. The molecule has 2 atom stereocenters. The van der Waals surface area contributed by atoms with Gasteiger partial charge in [-0.2, -0.15) is 27.8 Å². The lowest BCUT2D eigenvalue weighted by atomic mass is 9.85. The van der Waals surface area contributed by atoms with Crippen LogP contribution in [0, 0.1) is 12.8 Å². The third kappa shape index (κ3) is 10.1. The first-order valence-electron chi connectivity index (χ1n) is 16.5. The molecule has 1 aliphatic rings. The molecule has 0 radical (unpaired) electrons. The molecule has 1 amide bonds. The molecule has 254 valence electrons. The van der Waals surface area contributed by atoms with Crippen molar-refractivity contribution in [3.8, 4) is 11.1 Å². The number of rotatable bonds is 17. The van der Waals surface area contributed by atoms with Crippen LogP contribution < -0.4 is 5.32 Å². The Hall–Kier alpha value is -2.79. The Bertz CT molecular complexity index is 1580. The fourth-order valence-electron chi connectivity index (χ4n) is 6.36. The van der Waals surface area contributed by atoms with Gasteiger partial charge >= 0.3 is 5.97 Å². The largest absolute Gasteiger partial charge is 0.480 e. The van der Waals surface area contributed by atoms with Gasteiger partial charge in [-0.05, 0) is 90.0 Å². The number of benzene rings is 3. The van der Waals surface area contributed by atoms with Crippen LogP contribution in [0.5, 0.6) is 0 Å². The summed E-state index contributed by atoms with van der Waals surface area (Å²) in [5.74, 6) is 1.16. The standard InChI is InChI=1S/C37H48N2O5S3/c1-4-46-26-30(23-28-14-7-5-8-15-28)39(47(43,44)31-16-9-6-10-17-31)25-29-19-20-33(34(24-29)32-18-12-11-13-27(32)2)36(40)38-35(37(41)42)21-22-45-3/h6,9-13,16-20,24,28,30,35H,4-5,7-8,14-15,21-23,25-26H2,1-3H3,(H,38,40)(H,41,42)/t30-,35+/m0/s1. The van der Waals surface area contributed by atoms with Gasteiger partial charge in [0.05, 0.1) is 4.90 Å². The summed E-state index contributed by atoms with van der Waals surface area (Å²) in [5, 5.41) is 12.5. The number of nitrogens with one attached hydrogen (secondary N) is 1. The maximum absolute atomic E-state index is 14.4. The fraction of sp³-hybridized carbons (Fsp3) is 0.459. The lowest BCUT2D eigenvalue weighted by molar-refractivity contribution is -0.139. The predicted octanol–water partition coefficient (Wildman–Crippen LogP) is 7.88. The van der Waals surface area contributed by atoms with E-state index in [0.717, 1.165) is 41.7 Å². The highest BCUT2D eigenvalue weighted by Crippen LogP contribution is 2.34. The second kappa shape index (κ2) is 18.1. The highest BCUT2D eigenvalue weighted by molar-refractivity contribution is 7.99. The van der Waals surface area contributed by atoms with E-state index in [1.807, 2.05) is 55.6 Å². The third-order valence-electron chi connectivity index (χ3n) is 8.92. The van der Waals surface area contributed by atoms with Crippen molar-refractivity contribution in [1.29, 1.82) is 0 Å². The summed E-state index contributed by atoms with van der Waals surface area (Å²) in [6.07, 6.45) is 8.90. The van der Waals surface area contributed by atoms with Crippen molar-refractivity contribution >= 4 is 45.4 Å². The van der Waals surface area contributed by atoms with Crippen LogP contribution in [0.2, 0.25) is 0 Å². The molecule has 4 rings (SSSR count). The topological polar surface area (TPSA) is 104 Å². The smallest absolute Gasteiger partial charge is 0.326 e. The summed E-state index contributed by atoms with van der Waals surface area (Å²) in [6.45, 7) is 4.23. The Morgan fingerprint density at radius 1 is 0.979 bits per heavy atom. The Kier molecular flexibility index (Phi) is 14.3. The molecule has 3 aromatic rings. The van der Waals surface area contributed by atoms with Crippen molar-refractivity contribution in [2.24, 2.45) is 5.92 Å². The lowest BCUT2D eigenvalue weighted by Crippen LogP contribution is -2.43. The van der Waals surface area contributed by atoms with Gasteiger partial charge in [0, 0.05) is 23.9 Å². The first-order valence-corrected chi connectivity index (χ1v) is 20.5. The summed E-state index contributed by atoms with van der Waals surface area (Å²) in [7, 11) is -3.85. The summed E-state index contributed by atoms with van der Waals surface area (Å²) < 4.78 is 30.6. The van der Waals surface area contributed by atoms with E-state index in [2.05, 4.69) is 12.2 Å². The number of hydrogen-bond acceptors (Lipinski definition) is 6. The highest BCUT2D eigenvalue weighted by Gasteiger charge is 2.34. The van der Waals surface area contributed by atoms with E-state index in [4.69, 9.17) is 0 Å². The molecule has 10 heteroatoms. The van der Waals surface area contributed by atoms with Gasteiger partial charge in [-0.25, -0.2) is 13.2 Å². The highest BCUT2D eigenvalue weighted by atomic mass is 32.2. The van der Waals surface area contributed by atoms with E-state index in [1.54, 1.807) is 46.4 Å². The number of hydrogen-bond donors (Lipinski definition) is 2. The van der Waals surface area contributed by atoms with E-state index < -0.39 is 27.9 Å². The molecule has 1 saturated carbocycles. The third-order valence-corrected chi connectivity index (χ3v) is 12.5. The molecule has 0 heterocycles. The number of aryl methyl sites for hydroxylation is 1. The van der Waals surface area contributed by atoms with Crippen LogP contribution in [0.3, 0.4) is 0 Å². The Morgan fingerprint density at radius 3 is 2.34 bits per heavy atom. The first kappa shape index (κ1) is 37.0. The molecule has 0 spiro atoms. The average Bonchev–Trinajstić information content (AvgIpc) is 3.08. The van der Waals surface area contributed by atoms with E-state index in [1.165, 1.54) is 31.0 Å². The zero-order valence-electron chi connectivity index (χ0n) is 27.7. The van der Waals surface area contributed by atoms with Gasteiger partial charge in [0.25, 0.3) is 5.91 Å². The van der Waals surface area contributed by atoms with Crippen LogP contribution in [-0.2, 0) is 21.4 Å². The number of carboxylic acid groups (broad SMARTS) is 1. The minimum atomic E-state index is -3.85. The number of carboxylic acids is 1. The SMILES string of the molecule is CCSC[C@H](CC1CCCCC1)N(Cc1ccc(C(=O)N[C@H](CCSC)C(=O)O)c(-c2ccccc2C)c1)S(=O)(=O)c1ccccc1. The minimum Gasteiger partial charge on any atom is -0.480 e. The van der Waals surface area contributed by atoms with Crippen LogP contribution in [0.4, 0.5) is 0 Å². The summed E-state index contributed by atoms with van der Waals surface area (Å²) >= 11 is 3.30. The summed E-state index contributed by atoms with van der Waals surface area (Å²) in [6, 6.07) is 20.6. The lowest BCUT2D eigenvalue weighted by Gasteiger charge is -2.34. The predicted molar refractivity (Wildman–Crippen MR) is 196 cm³/mol. The normalized spacial score (nSPS) is 15.3. The molecule has 7 nitrogen and oxygen atoms in total. The van der Waals surface area contributed by atoms with Gasteiger partial charge in [-0.15, -0.1) is 0 Å². The number of carbonyl (C=O) groups is 2. The van der Waals surface area contributed by atoms with Crippen LogP contribution in [0.25, 0.3) is 11.1 Å². The van der Waals surface area contributed by atoms with E-state index in [9.17, 15) is 23.1 Å². The Morgan fingerprint density at radius 2 is 1.68 bits per heavy atom. The van der Waals surface area contributed by atoms with Gasteiger partial charge in [0.1, 0.15) is 6.04 Å². The number of carbonyl (C=O) groups excluding carboxylic acids is 1. The van der Waals surface area contributed by atoms with Crippen LogP contribution >= 0.6 is 23.5 Å². The fourth-order valence-corrected chi connectivity index (χ4v) is 9.40. The zero-order chi connectivity index (χ0) is 33.8. The van der Waals surface area contributed by atoms with Crippen LogP contribution in [-0.4, -0.2) is 65.3 Å². The number of thioether (sulfide) groups is 2. The Balaban J connectivity index is 1.78. The van der Waals surface area contributed by atoms with Crippen molar-refractivity contribution < 1.29 is 23.1 Å². The van der Waals surface area contributed by atoms with Crippen molar-refractivity contribution in [3.05, 3.63) is 89.5 Å². The second-order valence-electron chi connectivity index (χ2n) is 12.3. The zero-order valence-corrected chi connectivity index (χ0v) is 30.1. The monoisotopic (exact) mass is 696 g/mol. The molecule has 0 aromatic heterocycles. The summed E-state index contributed by atoms with van der Waals surface area (Å²) in [5.41, 5.74) is 3.58. The molecule has 3 aromatic carbocycles. The van der Waals surface area contributed by atoms with Crippen molar-refractivity contribution in [2.75, 3.05) is 23.5 Å². The Labute approximate surface area is 289 Å². The molecule has 1 fully saturated rings. The quantitative estimate of drug-likeness (QED) is 0.148. The molecule has 0 bridgehead atoms.